The van der Waals surface area contributed by atoms with Crippen LogP contribution < -0.4 is 25.4 Å². The van der Waals surface area contributed by atoms with Crippen molar-refractivity contribution in [1.82, 2.24) is 9.80 Å². The number of nitrogens with one attached hydrogen (secondary N) is 1. The number of para-hydroxylation sites is 1. The molecule has 0 atom stereocenters. The van der Waals surface area contributed by atoms with Crippen molar-refractivity contribution in [2.45, 2.75) is 39.0 Å². The van der Waals surface area contributed by atoms with Crippen LogP contribution in [0.3, 0.4) is 0 Å². The van der Waals surface area contributed by atoms with Gasteiger partial charge in [-0.1, -0.05) is 18.2 Å². The van der Waals surface area contributed by atoms with Crippen molar-refractivity contribution < 1.29 is 23.9 Å². The minimum Gasteiger partial charge on any atom is -0.493 e. The van der Waals surface area contributed by atoms with E-state index in [0.717, 1.165) is 51.0 Å². The minimum atomic E-state index is -0.303. The number of ether oxygens (including phenoxy) is 2. The van der Waals surface area contributed by atoms with E-state index in [-0.39, 0.29) is 17.7 Å². The summed E-state index contributed by atoms with van der Waals surface area (Å²) in [5.41, 5.74) is 8.71. The van der Waals surface area contributed by atoms with Crippen LogP contribution in [0.4, 0.5) is 11.4 Å². The third kappa shape index (κ3) is 9.79. The largest absolute Gasteiger partial charge is 0.493 e. The standard InChI is InChI=1S/C36H47N5O5/c1-27-13-18-31(33(26-27)46-24-8-4-5-12-34(42)41-22-20-39(2)21-23-41)40(3)36(44)28-14-16-29(17-15-28)38-35(43)30-10-6-7-11-32(30)45-25-9-19-37/h6-7,10-11,13-18,26H,4-5,8-9,12,19-25,37H2,1-3H3,(H,38,43). The predicted octanol–water partition coefficient (Wildman–Crippen LogP) is 4.96. The lowest BCUT2D eigenvalue weighted by Gasteiger charge is -2.32. The highest BCUT2D eigenvalue weighted by molar-refractivity contribution is 6.08. The second-order valence-corrected chi connectivity index (χ2v) is 11.7. The van der Waals surface area contributed by atoms with E-state index in [9.17, 15) is 14.4 Å². The zero-order chi connectivity index (χ0) is 32.9. The first kappa shape index (κ1) is 34.5. The number of carbonyl (C=O) groups excluding carboxylic acids is 3. The number of anilines is 2. The molecule has 10 nitrogen and oxygen atoms in total. The average Bonchev–Trinajstić information content (AvgIpc) is 3.06. The van der Waals surface area contributed by atoms with Crippen LogP contribution in [0.15, 0.2) is 66.7 Å². The van der Waals surface area contributed by atoms with Crippen LogP contribution in [-0.2, 0) is 4.79 Å². The first-order valence-electron chi connectivity index (χ1n) is 16.1. The van der Waals surface area contributed by atoms with Crippen LogP contribution >= 0.6 is 0 Å². The lowest BCUT2D eigenvalue weighted by atomic mass is 10.1. The van der Waals surface area contributed by atoms with Gasteiger partial charge in [-0.05, 0) is 100 Å². The molecule has 0 aromatic heterocycles. The Balaban J connectivity index is 1.29. The van der Waals surface area contributed by atoms with Crippen molar-refractivity contribution in [2.75, 3.05) is 70.2 Å². The molecule has 246 valence electrons. The smallest absolute Gasteiger partial charge is 0.259 e. The Labute approximate surface area is 272 Å². The molecule has 1 fully saturated rings. The molecule has 3 aromatic rings. The fourth-order valence-electron chi connectivity index (χ4n) is 5.21. The van der Waals surface area contributed by atoms with Crippen molar-refractivity contribution in [3.05, 3.63) is 83.4 Å². The molecule has 10 heteroatoms. The minimum absolute atomic E-state index is 0.201. The van der Waals surface area contributed by atoms with Crippen LogP contribution in [0, 0.1) is 6.92 Å². The fraction of sp³-hybridized carbons (Fsp3) is 0.417. The van der Waals surface area contributed by atoms with Gasteiger partial charge < -0.3 is 35.2 Å². The molecule has 1 heterocycles. The molecule has 0 spiro atoms. The summed E-state index contributed by atoms with van der Waals surface area (Å²) in [5, 5.41) is 2.88. The Kier molecular flexibility index (Phi) is 13.0. The summed E-state index contributed by atoms with van der Waals surface area (Å²) < 4.78 is 11.9. The zero-order valence-corrected chi connectivity index (χ0v) is 27.3. The number of unbranched alkanes of at least 4 members (excludes halogenated alkanes) is 2. The van der Waals surface area contributed by atoms with E-state index in [1.807, 2.05) is 36.1 Å². The van der Waals surface area contributed by atoms with Gasteiger partial charge in [0, 0.05) is 50.9 Å². The molecule has 3 aromatic carbocycles. The predicted molar refractivity (Wildman–Crippen MR) is 182 cm³/mol. The van der Waals surface area contributed by atoms with E-state index in [4.69, 9.17) is 15.2 Å². The van der Waals surface area contributed by atoms with E-state index in [1.54, 1.807) is 54.4 Å². The number of nitrogens with two attached hydrogens (primary N) is 1. The summed E-state index contributed by atoms with van der Waals surface area (Å²) in [6.45, 7) is 6.90. The molecule has 3 N–H and O–H groups in total. The number of aryl methyl sites for hydroxylation is 1. The van der Waals surface area contributed by atoms with Gasteiger partial charge in [0.25, 0.3) is 11.8 Å². The van der Waals surface area contributed by atoms with Gasteiger partial charge in [-0.3, -0.25) is 14.4 Å². The lowest BCUT2D eigenvalue weighted by molar-refractivity contribution is -0.132. The Morgan fingerprint density at radius 1 is 0.848 bits per heavy atom. The van der Waals surface area contributed by atoms with Crippen LogP contribution in [0.2, 0.25) is 0 Å². The molecular weight excluding hydrogens is 582 g/mol. The van der Waals surface area contributed by atoms with E-state index >= 15 is 0 Å². The molecule has 0 bridgehead atoms. The number of hydrogen-bond donors (Lipinski definition) is 2. The molecule has 3 amide bonds. The summed E-state index contributed by atoms with van der Waals surface area (Å²) in [7, 11) is 3.81. The summed E-state index contributed by atoms with van der Waals surface area (Å²) in [4.78, 5) is 44.7. The number of amides is 3. The zero-order valence-electron chi connectivity index (χ0n) is 27.3. The second-order valence-electron chi connectivity index (χ2n) is 11.7. The van der Waals surface area contributed by atoms with Crippen LogP contribution in [-0.4, -0.2) is 87.6 Å². The van der Waals surface area contributed by atoms with Crippen LogP contribution in [0.25, 0.3) is 0 Å². The van der Waals surface area contributed by atoms with Crippen molar-refractivity contribution >= 4 is 29.1 Å². The fourth-order valence-corrected chi connectivity index (χ4v) is 5.21. The number of piperazine rings is 1. The third-order valence-corrected chi connectivity index (χ3v) is 8.06. The molecule has 0 unspecified atom stereocenters. The first-order chi connectivity index (χ1) is 22.3. The molecular formula is C36H47N5O5. The van der Waals surface area contributed by atoms with Gasteiger partial charge in [0.05, 0.1) is 24.5 Å². The van der Waals surface area contributed by atoms with Gasteiger partial charge in [0.2, 0.25) is 5.91 Å². The molecule has 1 aliphatic rings. The number of hydrogen-bond acceptors (Lipinski definition) is 7. The number of carbonyl (C=O) groups is 3. The molecule has 0 aliphatic carbocycles. The second kappa shape index (κ2) is 17.3. The highest BCUT2D eigenvalue weighted by Gasteiger charge is 2.20. The van der Waals surface area contributed by atoms with Crippen LogP contribution in [0.5, 0.6) is 11.5 Å². The van der Waals surface area contributed by atoms with Gasteiger partial charge in [-0.25, -0.2) is 0 Å². The quantitative estimate of drug-likeness (QED) is 0.228. The monoisotopic (exact) mass is 629 g/mol. The highest BCUT2D eigenvalue weighted by atomic mass is 16.5. The van der Waals surface area contributed by atoms with Crippen molar-refractivity contribution in [3.8, 4) is 11.5 Å². The average molecular weight is 630 g/mol. The van der Waals surface area contributed by atoms with E-state index in [2.05, 4.69) is 17.3 Å². The summed E-state index contributed by atoms with van der Waals surface area (Å²) >= 11 is 0. The summed E-state index contributed by atoms with van der Waals surface area (Å²) in [6, 6.07) is 19.6. The topological polar surface area (TPSA) is 117 Å². The highest BCUT2D eigenvalue weighted by Crippen LogP contribution is 2.30. The molecule has 1 aliphatic heterocycles. The number of nitrogens with zero attached hydrogens (tertiary/aromatic N) is 3. The third-order valence-electron chi connectivity index (χ3n) is 8.06. The summed E-state index contributed by atoms with van der Waals surface area (Å²) in [5.74, 6) is 0.865. The van der Waals surface area contributed by atoms with Gasteiger partial charge in [-0.15, -0.1) is 0 Å². The summed E-state index contributed by atoms with van der Waals surface area (Å²) in [6.07, 6.45) is 3.80. The maximum Gasteiger partial charge on any atom is 0.259 e. The van der Waals surface area contributed by atoms with E-state index < -0.39 is 0 Å². The van der Waals surface area contributed by atoms with E-state index in [1.165, 1.54) is 0 Å². The number of rotatable bonds is 15. The maximum atomic E-state index is 13.5. The Morgan fingerprint density at radius 2 is 1.54 bits per heavy atom. The Hall–Kier alpha value is -4.41. The van der Waals surface area contributed by atoms with Crippen molar-refractivity contribution in [2.24, 2.45) is 5.73 Å². The molecule has 1 saturated heterocycles. The first-order valence-corrected chi connectivity index (χ1v) is 16.1. The van der Waals surface area contributed by atoms with Gasteiger partial charge in [-0.2, -0.15) is 0 Å². The van der Waals surface area contributed by atoms with Gasteiger partial charge in [0.1, 0.15) is 11.5 Å². The molecule has 46 heavy (non-hydrogen) atoms. The normalized spacial score (nSPS) is 13.3. The Bertz CT molecular complexity index is 1450. The van der Waals surface area contributed by atoms with E-state index in [0.29, 0.717) is 66.6 Å². The molecule has 0 radical (unpaired) electrons. The molecule has 0 saturated carbocycles. The van der Waals surface area contributed by atoms with Crippen LogP contribution in [0.1, 0.15) is 58.4 Å². The van der Waals surface area contributed by atoms with Gasteiger partial charge >= 0.3 is 0 Å². The van der Waals surface area contributed by atoms with Crippen molar-refractivity contribution in [1.29, 1.82) is 0 Å². The molecule has 4 rings (SSSR count). The Morgan fingerprint density at radius 3 is 2.28 bits per heavy atom. The van der Waals surface area contributed by atoms with Crippen molar-refractivity contribution in [3.63, 3.8) is 0 Å². The number of likely N-dealkylation sites (N-methyl/N-ethyl adjacent to an activating group) is 1. The maximum absolute atomic E-state index is 13.5. The number of benzene rings is 3. The SMILES string of the molecule is Cc1ccc(N(C)C(=O)c2ccc(NC(=O)c3ccccc3OCCCN)cc2)c(OCCCCCC(=O)N2CCN(C)CC2)c1. The lowest BCUT2D eigenvalue weighted by Crippen LogP contribution is -2.47. The van der Waals surface area contributed by atoms with Gasteiger partial charge in [0.15, 0.2) is 0 Å².